The summed E-state index contributed by atoms with van der Waals surface area (Å²) in [6, 6.07) is 0. The summed E-state index contributed by atoms with van der Waals surface area (Å²) in [6.07, 6.45) is -7.99. The van der Waals surface area contributed by atoms with Gasteiger partial charge in [0.25, 0.3) is 0 Å². The van der Waals surface area contributed by atoms with Gasteiger partial charge in [-0.2, -0.15) is 22.0 Å². The zero-order valence-electron chi connectivity index (χ0n) is 7.11. The Morgan fingerprint density at radius 3 is 1.73 bits per heavy atom. The van der Waals surface area contributed by atoms with Crippen molar-refractivity contribution < 1.29 is 36.3 Å². The number of cyclic esters (lactones) is 2. The molecule has 0 bridgehead atoms. The molecule has 8 heteroatoms. The van der Waals surface area contributed by atoms with Gasteiger partial charge in [0, 0.05) is 0 Å². The number of carbonyl (C=O) groups excluding carboxylic acids is 2. The lowest BCUT2D eigenvalue weighted by molar-refractivity contribution is -0.304. The molecule has 1 aliphatic heterocycles. The number of esters is 2. The fourth-order valence-electron chi connectivity index (χ4n) is 1.17. The highest BCUT2D eigenvalue weighted by molar-refractivity contribution is 5.88. The summed E-state index contributed by atoms with van der Waals surface area (Å²) >= 11 is 0. The highest BCUT2D eigenvalue weighted by Gasteiger charge is 2.63. The molecule has 0 atom stereocenters. The first-order valence-corrected chi connectivity index (χ1v) is 3.82. The molecule has 86 valence electrons. The predicted octanol–water partition coefficient (Wildman–Crippen LogP) is 1.66. The van der Waals surface area contributed by atoms with Crippen LogP contribution in [0.4, 0.5) is 22.0 Å². The van der Waals surface area contributed by atoms with Crippen molar-refractivity contribution in [1.82, 2.24) is 0 Å². The second-order valence-corrected chi connectivity index (χ2v) is 3.07. The smallest absolute Gasteiger partial charge is 0.393 e. The van der Waals surface area contributed by atoms with Gasteiger partial charge in [-0.1, -0.05) is 0 Å². The van der Waals surface area contributed by atoms with Gasteiger partial charge in [0.15, 0.2) is 0 Å². The van der Waals surface area contributed by atoms with Gasteiger partial charge >= 0.3 is 24.0 Å². The fourth-order valence-corrected chi connectivity index (χ4v) is 1.17. The second kappa shape index (κ2) is 3.42. The molecule has 0 radical (unpaired) electrons. The first kappa shape index (κ1) is 11.9. The van der Waals surface area contributed by atoms with Gasteiger partial charge in [0.1, 0.15) is 0 Å². The molecule has 1 saturated heterocycles. The molecular weight excluding hydrogens is 227 g/mol. The molecule has 15 heavy (non-hydrogen) atoms. The Kier molecular flexibility index (Phi) is 2.71. The van der Waals surface area contributed by atoms with Crippen LogP contribution in [0.5, 0.6) is 0 Å². The average molecular weight is 232 g/mol. The molecular formula is C7H5F5O3. The number of rotatable bonds is 1. The van der Waals surface area contributed by atoms with Crippen molar-refractivity contribution in [1.29, 1.82) is 0 Å². The van der Waals surface area contributed by atoms with E-state index < -0.39 is 42.8 Å². The molecule has 0 N–H and O–H groups in total. The molecule has 1 heterocycles. The zero-order chi connectivity index (χ0) is 11.9. The minimum absolute atomic E-state index is 1.11. The van der Waals surface area contributed by atoms with E-state index in [1.807, 2.05) is 0 Å². The first-order valence-electron chi connectivity index (χ1n) is 3.82. The Morgan fingerprint density at radius 2 is 1.40 bits per heavy atom. The van der Waals surface area contributed by atoms with Crippen molar-refractivity contribution in [2.24, 2.45) is 5.92 Å². The molecule has 0 aromatic rings. The standard InChI is InChI=1S/C7H5F5O3/c8-6(9,7(10,11)12)3-1-4(13)15-5(14)2-3/h3H,1-2H2. The third kappa shape index (κ3) is 2.24. The fraction of sp³-hybridized carbons (Fsp3) is 0.714. The predicted molar refractivity (Wildman–Crippen MR) is 34.8 cm³/mol. The maximum atomic E-state index is 12.7. The van der Waals surface area contributed by atoms with Crippen LogP contribution in [0, 0.1) is 5.92 Å². The van der Waals surface area contributed by atoms with Gasteiger partial charge in [-0.05, 0) is 0 Å². The lowest BCUT2D eigenvalue weighted by atomic mass is 9.92. The van der Waals surface area contributed by atoms with Gasteiger partial charge in [-0.3, -0.25) is 9.59 Å². The van der Waals surface area contributed by atoms with Crippen LogP contribution in [0.2, 0.25) is 0 Å². The van der Waals surface area contributed by atoms with Crippen LogP contribution < -0.4 is 0 Å². The number of halogens is 5. The topological polar surface area (TPSA) is 43.4 Å². The van der Waals surface area contributed by atoms with Crippen molar-refractivity contribution in [2.45, 2.75) is 24.9 Å². The van der Waals surface area contributed by atoms with Crippen LogP contribution in [0.3, 0.4) is 0 Å². The monoisotopic (exact) mass is 232 g/mol. The third-order valence-electron chi connectivity index (χ3n) is 1.94. The Labute approximate surface area is 80.2 Å². The molecule has 0 unspecified atom stereocenters. The SMILES string of the molecule is O=C1CC(C(F)(F)C(F)(F)F)CC(=O)O1. The Balaban J connectivity index is 2.88. The van der Waals surface area contributed by atoms with Crippen molar-refractivity contribution in [3.63, 3.8) is 0 Å². The zero-order valence-corrected chi connectivity index (χ0v) is 7.11. The highest BCUT2D eigenvalue weighted by atomic mass is 19.4. The second-order valence-electron chi connectivity index (χ2n) is 3.07. The Hall–Kier alpha value is -1.21. The highest BCUT2D eigenvalue weighted by Crippen LogP contribution is 2.45. The molecule has 0 aromatic heterocycles. The van der Waals surface area contributed by atoms with E-state index in [0.717, 1.165) is 0 Å². The van der Waals surface area contributed by atoms with E-state index in [-0.39, 0.29) is 0 Å². The maximum absolute atomic E-state index is 12.7. The van der Waals surface area contributed by atoms with Gasteiger partial charge in [-0.25, -0.2) is 0 Å². The van der Waals surface area contributed by atoms with E-state index in [9.17, 15) is 31.5 Å². The molecule has 1 aliphatic rings. The summed E-state index contributed by atoms with van der Waals surface area (Å²) in [5, 5.41) is 0. The number of alkyl halides is 5. The molecule has 0 aliphatic carbocycles. The summed E-state index contributed by atoms with van der Waals surface area (Å²) in [6.45, 7) is 0. The van der Waals surface area contributed by atoms with Gasteiger partial charge in [0.2, 0.25) is 0 Å². The third-order valence-corrected chi connectivity index (χ3v) is 1.94. The number of hydrogen-bond donors (Lipinski definition) is 0. The summed E-state index contributed by atoms with van der Waals surface area (Å²) in [4.78, 5) is 21.0. The van der Waals surface area contributed by atoms with E-state index in [4.69, 9.17) is 0 Å². The van der Waals surface area contributed by atoms with E-state index in [2.05, 4.69) is 4.74 Å². The molecule has 3 nitrogen and oxygen atoms in total. The molecule has 0 spiro atoms. The van der Waals surface area contributed by atoms with E-state index in [1.54, 1.807) is 0 Å². The summed E-state index contributed by atoms with van der Waals surface area (Å²) in [5.74, 6) is -10.1. The number of ether oxygens (including phenoxy) is 1. The lowest BCUT2D eigenvalue weighted by Gasteiger charge is -2.29. The van der Waals surface area contributed by atoms with Crippen molar-refractivity contribution in [3.05, 3.63) is 0 Å². The van der Waals surface area contributed by atoms with Crippen LogP contribution >= 0.6 is 0 Å². The van der Waals surface area contributed by atoms with Gasteiger partial charge in [0.05, 0.1) is 18.8 Å². The summed E-state index contributed by atoms with van der Waals surface area (Å²) in [5.41, 5.74) is 0. The molecule has 0 aromatic carbocycles. The minimum Gasteiger partial charge on any atom is -0.393 e. The molecule has 0 amide bonds. The quantitative estimate of drug-likeness (QED) is 0.392. The number of hydrogen-bond acceptors (Lipinski definition) is 3. The van der Waals surface area contributed by atoms with E-state index >= 15 is 0 Å². The molecule has 1 fully saturated rings. The number of carbonyl (C=O) groups is 2. The van der Waals surface area contributed by atoms with Gasteiger partial charge < -0.3 is 4.74 Å². The van der Waals surface area contributed by atoms with Crippen LogP contribution in [-0.4, -0.2) is 24.0 Å². The van der Waals surface area contributed by atoms with Crippen LogP contribution in [0.1, 0.15) is 12.8 Å². The van der Waals surface area contributed by atoms with E-state index in [0.29, 0.717) is 0 Å². The largest absolute Gasteiger partial charge is 0.453 e. The molecule has 1 rings (SSSR count). The Bertz CT molecular complexity index is 279. The summed E-state index contributed by atoms with van der Waals surface area (Å²) < 4.78 is 64.8. The van der Waals surface area contributed by atoms with Gasteiger partial charge in [-0.15, -0.1) is 0 Å². The van der Waals surface area contributed by atoms with Crippen LogP contribution in [0.25, 0.3) is 0 Å². The molecule has 0 saturated carbocycles. The van der Waals surface area contributed by atoms with E-state index in [1.165, 1.54) is 0 Å². The normalized spacial score (nSPS) is 20.3. The summed E-state index contributed by atoms with van der Waals surface area (Å²) in [7, 11) is 0. The van der Waals surface area contributed by atoms with Crippen molar-refractivity contribution >= 4 is 11.9 Å². The first-order chi connectivity index (χ1) is 6.64. The average Bonchev–Trinajstić information content (AvgIpc) is 1.99. The Morgan fingerprint density at radius 1 is 1.00 bits per heavy atom. The minimum atomic E-state index is -5.77. The van der Waals surface area contributed by atoms with Crippen LogP contribution in [-0.2, 0) is 14.3 Å². The maximum Gasteiger partial charge on any atom is 0.453 e. The van der Waals surface area contributed by atoms with Crippen LogP contribution in [0.15, 0.2) is 0 Å². The van der Waals surface area contributed by atoms with Crippen molar-refractivity contribution in [2.75, 3.05) is 0 Å². The van der Waals surface area contributed by atoms with Crippen molar-refractivity contribution in [3.8, 4) is 0 Å². The lowest BCUT2D eigenvalue weighted by Crippen LogP contribution is -2.47.